The number of aromatic amines is 1. The molecule has 0 aliphatic carbocycles. The van der Waals surface area contributed by atoms with Crippen LogP contribution in [0.3, 0.4) is 0 Å². The molecule has 11 nitrogen and oxygen atoms in total. The number of hydrogen-bond acceptors (Lipinski definition) is 7. The van der Waals surface area contributed by atoms with Crippen LogP contribution in [0.2, 0.25) is 10.0 Å². The van der Waals surface area contributed by atoms with Gasteiger partial charge >= 0.3 is 12.1 Å². The summed E-state index contributed by atoms with van der Waals surface area (Å²) in [6, 6.07) is 4.49. The van der Waals surface area contributed by atoms with Crippen molar-refractivity contribution < 1.29 is 28.7 Å². The lowest BCUT2D eigenvalue weighted by molar-refractivity contribution is -0.139. The van der Waals surface area contributed by atoms with Gasteiger partial charge in [0.2, 0.25) is 0 Å². The first-order chi connectivity index (χ1) is 17.8. The molecule has 3 rings (SSSR count). The molecule has 2 heterocycles. The fraction of sp³-hybridized carbons (Fsp3) is 0.440. The van der Waals surface area contributed by atoms with E-state index < -0.39 is 29.5 Å². The van der Waals surface area contributed by atoms with Gasteiger partial charge in [-0.25, -0.2) is 4.79 Å². The Morgan fingerprint density at radius 3 is 2.45 bits per heavy atom. The van der Waals surface area contributed by atoms with Gasteiger partial charge in [-0.3, -0.25) is 14.4 Å². The summed E-state index contributed by atoms with van der Waals surface area (Å²) >= 11 is 12.3. The first-order valence-corrected chi connectivity index (χ1v) is 12.6. The second-order valence-electron chi connectivity index (χ2n) is 9.78. The summed E-state index contributed by atoms with van der Waals surface area (Å²) in [5.74, 6) is -1.60. The summed E-state index contributed by atoms with van der Waals surface area (Å²) in [7, 11) is 1.23. The van der Waals surface area contributed by atoms with Crippen molar-refractivity contribution >= 4 is 58.5 Å². The number of methoxy groups -OCH3 is 1. The van der Waals surface area contributed by atoms with Crippen LogP contribution < -0.4 is 20.9 Å². The van der Waals surface area contributed by atoms with Gasteiger partial charge in [0.25, 0.3) is 11.8 Å². The van der Waals surface area contributed by atoms with Gasteiger partial charge < -0.3 is 35.3 Å². The van der Waals surface area contributed by atoms with Gasteiger partial charge in [-0.15, -0.1) is 0 Å². The Labute approximate surface area is 230 Å². The maximum atomic E-state index is 13.0. The van der Waals surface area contributed by atoms with Gasteiger partial charge in [-0.1, -0.05) is 23.2 Å². The molecule has 0 saturated carbocycles. The number of nitrogens with one attached hydrogen (secondary N) is 4. The largest absolute Gasteiger partial charge is 0.468 e. The van der Waals surface area contributed by atoms with Crippen LogP contribution in [0.15, 0.2) is 18.2 Å². The zero-order chi connectivity index (χ0) is 28.2. The summed E-state index contributed by atoms with van der Waals surface area (Å²) < 4.78 is 9.91. The van der Waals surface area contributed by atoms with E-state index in [0.717, 1.165) is 0 Å². The molecule has 1 aliphatic rings. The van der Waals surface area contributed by atoms with Crippen LogP contribution in [0.4, 0.5) is 16.2 Å². The lowest BCUT2D eigenvalue weighted by atomic mass is 10.1. The number of amides is 3. The summed E-state index contributed by atoms with van der Waals surface area (Å²) in [4.78, 5) is 54.2. The minimum atomic E-state index is -0.633. The third-order valence-electron chi connectivity index (χ3n) is 5.66. The Balaban J connectivity index is 1.85. The van der Waals surface area contributed by atoms with Crippen LogP contribution in [-0.2, 0) is 14.3 Å². The molecule has 1 aromatic carbocycles. The highest BCUT2D eigenvalue weighted by Crippen LogP contribution is 2.33. The van der Waals surface area contributed by atoms with Crippen LogP contribution in [0.1, 0.15) is 53.7 Å². The fourth-order valence-electron chi connectivity index (χ4n) is 3.85. The molecule has 0 unspecified atom stereocenters. The van der Waals surface area contributed by atoms with Crippen molar-refractivity contribution in [1.29, 1.82) is 0 Å². The van der Waals surface area contributed by atoms with Crippen molar-refractivity contribution in [3.8, 4) is 0 Å². The average molecular weight is 568 g/mol. The van der Waals surface area contributed by atoms with Crippen LogP contribution in [0, 0.1) is 6.92 Å². The number of aryl methyl sites for hydroxylation is 1. The van der Waals surface area contributed by atoms with Gasteiger partial charge in [-0.2, -0.15) is 0 Å². The summed E-state index contributed by atoms with van der Waals surface area (Å²) in [5.41, 5.74) is 1.25. The van der Waals surface area contributed by atoms with Gasteiger partial charge in [-0.05, 0) is 52.3 Å². The van der Waals surface area contributed by atoms with Crippen LogP contribution in [0.25, 0.3) is 0 Å². The van der Waals surface area contributed by atoms with Crippen molar-refractivity contribution in [1.82, 2.24) is 15.6 Å². The quantitative estimate of drug-likeness (QED) is 0.372. The number of hydrogen-bond donors (Lipinski definition) is 4. The average Bonchev–Trinajstić information content (AvgIpc) is 3.40. The molecule has 0 spiro atoms. The molecule has 206 valence electrons. The van der Waals surface area contributed by atoms with Gasteiger partial charge in [0.1, 0.15) is 17.8 Å². The number of rotatable bonds is 7. The molecular formula is C25H31Cl2N5O6. The Kier molecular flexibility index (Phi) is 9.16. The summed E-state index contributed by atoms with van der Waals surface area (Å²) in [6.45, 7) is 7.69. The number of halogens is 2. The standard InChI is InChI=1S/C25H31Cl2N5O6/c1-13-19(26)20(27)21(29-13)23(35)31-16-7-6-14(22(34)28-11-18(33)37-5)10-17(16)32-9-8-15(12-32)30-24(36)38-25(2,3)4/h6-7,10,15,29H,8-9,11-12H2,1-5H3,(H,28,34)(H,30,36)(H,31,35)/t15-/m1/s1. The number of benzene rings is 1. The highest BCUT2D eigenvalue weighted by atomic mass is 35.5. The number of esters is 1. The Bertz CT molecular complexity index is 1240. The zero-order valence-corrected chi connectivity index (χ0v) is 23.3. The molecule has 1 aliphatic heterocycles. The van der Waals surface area contributed by atoms with Crippen molar-refractivity contribution in [3.63, 3.8) is 0 Å². The fourth-order valence-corrected chi connectivity index (χ4v) is 4.27. The lowest BCUT2D eigenvalue weighted by Crippen LogP contribution is -2.40. The zero-order valence-electron chi connectivity index (χ0n) is 21.8. The van der Waals surface area contributed by atoms with E-state index in [1.807, 2.05) is 4.90 Å². The van der Waals surface area contributed by atoms with Gasteiger partial charge in [0.15, 0.2) is 0 Å². The second-order valence-corrected chi connectivity index (χ2v) is 10.5. The maximum absolute atomic E-state index is 13.0. The van der Waals surface area contributed by atoms with E-state index in [0.29, 0.717) is 36.6 Å². The number of ether oxygens (including phenoxy) is 2. The molecule has 1 saturated heterocycles. The predicted octanol–water partition coefficient (Wildman–Crippen LogP) is 3.89. The molecule has 1 aromatic heterocycles. The van der Waals surface area contributed by atoms with Gasteiger partial charge in [0, 0.05) is 24.3 Å². The number of aromatic nitrogens is 1. The van der Waals surface area contributed by atoms with Crippen LogP contribution >= 0.6 is 23.2 Å². The number of nitrogens with zero attached hydrogens (tertiary/aromatic N) is 1. The monoisotopic (exact) mass is 567 g/mol. The molecule has 13 heteroatoms. The first-order valence-electron chi connectivity index (χ1n) is 11.9. The van der Waals surface area contributed by atoms with E-state index in [1.54, 1.807) is 39.8 Å². The van der Waals surface area contributed by atoms with Crippen molar-refractivity contribution in [2.24, 2.45) is 0 Å². The molecule has 1 fully saturated rings. The molecule has 3 amide bonds. The highest BCUT2D eigenvalue weighted by Gasteiger charge is 2.29. The number of carbonyl (C=O) groups excluding carboxylic acids is 4. The maximum Gasteiger partial charge on any atom is 0.407 e. The third kappa shape index (κ3) is 7.32. The number of anilines is 2. The molecule has 0 bridgehead atoms. The van der Waals surface area contributed by atoms with E-state index in [4.69, 9.17) is 27.9 Å². The molecule has 1 atom stereocenters. The molecule has 38 heavy (non-hydrogen) atoms. The van der Waals surface area contributed by atoms with E-state index in [2.05, 4.69) is 25.7 Å². The van der Waals surface area contributed by atoms with E-state index in [1.165, 1.54) is 13.2 Å². The molecule has 0 radical (unpaired) electrons. The smallest absolute Gasteiger partial charge is 0.407 e. The number of alkyl carbamates (subject to hydrolysis) is 1. The lowest BCUT2D eigenvalue weighted by Gasteiger charge is -2.24. The molecule has 2 aromatic rings. The molecule has 4 N–H and O–H groups in total. The highest BCUT2D eigenvalue weighted by molar-refractivity contribution is 6.44. The summed E-state index contributed by atoms with van der Waals surface area (Å²) in [5, 5.41) is 8.53. The normalized spacial score (nSPS) is 15.1. The van der Waals surface area contributed by atoms with E-state index in [-0.39, 0.29) is 33.9 Å². The predicted molar refractivity (Wildman–Crippen MR) is 144 cm³/mol. The Hall–Kier alpha value is -3.44. The van der Waals surface area contributed by atoms with Crippen molar-refractivity contribution in [2.75, 3.05) is 37.0 Å². The topological polar surface area (TPSA) is 142 Å². The van der Waals surface area contributed by atoms with Gasteiger partial charge in [0.05, 0.1) is 34.6 Å². The SMILES string of the molecule is COC(=O)CNC(=O)c1ccc(NC(=O)c2[nH]c(C)c(Cl)c2Cl)c(N2CC[C@@H](NC(=O)OC(C)(C)C)C2)c1. The number of H-pyrrole nitrogens is 1. The van der Waals surface area contributed by atoms with Crippen molar-refractivity contribution in [3.05, 3.63) is 45.2 Å². The van der Waals surface area contributed by atoms with Crippen LogP contribution in [0.5, 0.6) is 0 Å². The van der Waals surface area contributed by atoms with E-state index >= 15 is 0 Å². The minimum absolute atomic E-state index is 0.102. The van der Waals surface area contributed by atoms with Crippen LogP contribution in [-0.4, -0.2) is 67.2 Å². The summed E-state index contributed by atoms with van der Waals surface area (Å²) in [6.07, 6.45) is 0.0882. The van der Waals surface area contributed by atoms with Crippen molar-refractivity contribution in [2.45, 2.75) is 45.8 Å². The Morgan fingerprint density at radius 2 is 1.84 bits per heavy atom. The minimum Gasteiger partial charge on any atom is -0.468 e. The third-order valence-corrected chi connectivity index (χ3v) is 6.61. The van der Waals surface area contributed by atoms with E-state index in [9.17, 15) is 19.2 Å². The number of carbonyl (C=O) groups is 4. The second kappa shape index (κ2) is 12.0. The first kappa shape index (κ1) is 29.1. The Morgan fingerprint density at radius 1 is 1.13 bits per heavy atom. The molecular weight excluding hydrogens is 537 g/mol.